The first-order valence-corrected chi connectivity index (χ1v) is 12.8. The van der Waals surface area contributed by atoms with Crippen LogP contribution in [-0.4, -0.2) is 48.2 Å². The first-order valence-electron chi connectivity index (χ1n) is 12.8. The number of piperidine rings is 2. The van der Waals surface area contributed by atoms with Gasteiger partial charge in [-0.25, -0.2) is 9.67 Å². The zero-order valence-electron chi connectivity index (χ0n) is 20.9. The van der Waals surface area contributed by atoms with Crippen LogP contribution in [0.25, 0.3) is 38.8 Å². The van der Waals surface area contributed by atoms with Gasteiger partial charge in [0.25, 0.3) is 0 Å². The van der Waals surface area contributed by atoms with Gasteiger partial charge in [0.1, 0.15) is 11.5 Å². The number of aromatic nitrogens is 5. The second-order valence-corrected chi connectivity index (χ2v) is 10.5. The molecule has 5 aromatic rings. The fourth-order valence-corrected chi connectivity index (χ4v) is 6.46. The molecule has 8 rings (SSSR count). The highest BCUT2D eigenvalue weighted by Gasteiger charge is 2.44. The van der Waals surface area contributed by atoms with Crippen LogP contribution in [0.2, 0.25) is 0 Å². The number of anilines is 1. The molecule has 8 nitrogen and oxygen atoms in total. The molecule has 3 aromatic heterocycles. The molecule has 1 unspecified atom stereocenters. The third-order valence-corrected chi connectivity index (χ3v) is 8.25. The fourth-order valence-electron chi connectivity index (χ4n) is 6.46. The van der Waals surface area contributed by atoms with Crippen LogP contribution >= 0.6 is 0 Å². The van der Waals surface area contributed by atoms with Crippen molar-refractivity contribution in [3.8, 4) is 16.9 Å². The maximum absolute atomic E-state index is 11.7. The number of rotatable bonds is 4. The van der Waals surface area contributed by atoms with Crippen LogP contribution in [0.5, 0.6) is 0 Å². The Morgan fingerprint density at radius 2 is 1.89 bits per heavy atom. The average molecular weight is 493 g/mol. The number of benzene rings is 2. The molecular weight excluding hydrogens is 464 g/mol. The van der Waals surface area contributed by atoms with E-state index in [4.69, 9.17) is 10.1 Å². The molecule has 1 N–H and O–H groups in total. The molecule has 3 fully saturated rings. The van der Waals surface area contributed by atoms with Crippen molar-refractivity contribution in [2.45, 2.75) is 32.2 Å². The molecule has 2 saturated heterocycles. The Kier molecular flexibility index (Phi) is 4.86. The van der Waals surface area contributed by atoms with Gasteiger partial charge in [-0.1, -0.05) is 30.3 Å². The maximum Gasteiger partial charge on any atom is 0.306 e. The van der Waals surface area contributed by atoms with Gasteiger partial charge in [-0.3, -0.25) is 9.48 Å². The third-order valence-electron chi connectivity index (χ3n) is 8.25. The molecule has 1 saturated carbocycles. The molecule has 5 heterocycles. The van der Waals surface area contributed by atoms with Gasteiger partial charge in [-0.2, -0.15) is 10.2 Å². The van der Waals surface area contributed by atoms with E-state index in [9.17, 15) is 9.90 Å². The lowest BCUT2D eigenvalue weighted by Gasteiger charge is -2.48. The SMILES string of the molecule is Cc1cccc2c(-c3cccc4nn(C)cc34)nn(-c3ccc(N4C[C@H]5CCC4C[C@H]5C(=O)O)nc3)c12. The van der Waals surface area contributed by atoms with E-state index < -0.39 is 5.97 Å². The summed E-state index contributed by atoms with van der Waals surface area (Å²) >= 11 is 0. The molecule has 2 aromatic carbocycles. The normalized spacial score (nSPS) is 21.2. The van der Waals surface area contributed by atoms with Crippen LogP contribution in [0.1, 0.15) is 24.8 Å². The molecule has 37 heavy (non-hydrogen) atoms. The lowest BCUT2D eigenvalue weighted by Crippen LogP contribution is -2.54. The number of nitrogens with zero attached hydrogens (tertiary/aromatic N) is 6. The van der Waals surface area contributed by atoms with Gasteiger partial charge in [-0.15, -0.1) is 0 Å². The molecule has 2 aliphatic heterocycles. The minimum Gasteiger partial charge on any atom is -0.481 e. The average Bonchev–Trinajstić information content (AvgIpc) is 3.50. The van der Waals surface area contributed by atoms with E-state index in [0.717, 1.165) is 69.5 Å². The lowest BCUT2D eigenvalue weighted by atomic mass is 9.72. The van der Waals surface area contributed by atoms with Gasteiger partial charge in [0.05, 0.1) is 28.8 Å². The van der Waals surface area contributed by atoms with E-state index in [2.05, 4.69) is 53.3 Å². The highest BCUT2D eigenvalue weighted by atomic mass is 16.4. The minimum absolute atomic E-state index is 0.194. The predicted molar refractivity (Wildman–Crippen MR) is 143 cm³/mol. The molecule has 2 bridgehead atoms. The highest BCUT2D eigenvalue weighted by Crippen LogP contribution is 2.41. The second-order valence-electron chi connectivity index (χ2n) is 10.5. The van der Waals surface area contributed by atoms with Crippen molar-refractivity contribution in [1.82, 2.24) is 24.5 Å². The molecule has 0 radical (unpaired) electrons. The fraction of sp³-hybridized carbons (Fsp3) is 0.310. The molecule has 8 heteroatoms. The van der Waals surface area contributed by atoms with Gasteiger partial charge < -0.3 is 10.0 Å². The molecule has 3 aliphatic rings. The highest BCUT2D eigenvalue weighted by molar-refractivity contribution is 6.03. The van der Waals surface area contributed by atoms with Gasteiger partial charge >= 0.3 is 5.97 Å². The number of para-hydroxylation sites is 1. The summed E-state index contributed by atoms with van der Waals surface area (Å²) in [4.78, 5) is 18.8. The van der Waals surface area contributed by atoms with Gasteiger partial charge in [0.2, 0.25) is 0 Å². The van der Waals surface area contributed by atoms with Crippen molar-refractivity contribution in [1.29, 1.82) is 0 Å². The smallest absolute Gasteiger partial charge is 0.306 e. The number of aliphatic carboxylic acids is 1. The van der Waals surface area contributed by atoms with Crippen LogP contribution < -0.4 is 4.90 Å². The number of carboxylic acids is 1. The number of aryl methyl sites for hydroxylation is 2. The van der Waals surface area contributed by atoms with Crippen molar-refractivity contribution in [2.75, 3.05) is 11.4 Å². The summed E-state index contributed by atoms with van der Waals surface area (Å²) in [6.07, 6.45) is 6.66. The monoisotopic (exact) mass is 492 g/mol. The van der Waals surface area contributed by atoms with Crippen LogP contribution in [0.4, 0.5) is 5.82 Å². The zero-order valence-corrected chi connectivity index (χ0v) is 20.9. The third kappa shape index (κ3) is 3.43. The molecule has 0 amide bonds. The lowest BCUT2D eigenvalue weighted by molar-refractivity contribution is -0.146. The summed E-state index contributed by atoms with van der Waals surface area (Å²) in [5, 5.41) is 21.5. The molecule has 186 valence electrons. The summed E-state index contributed by atoms with van der Waals surface area (Å²) in [6, 6.07) is 16.8. The van der Waals surface area contributed by atoms with Crippen LogP contribution in [0, 0.1) is 18.8 Å². The quantitative estimate of drug-likeness (QED) is 0.381. The van der Waals surface area contributed by atoms with Gasteiger partial charge in [0, 0.05) is 42.2 Å². The summed E-state index contributed by atoms with van der Waals surface area (Å²) in [7, 11) is 1.94. The largest absolute Gasteiger partial charge is 0.481 e. The summed E-state index contributed by atoms with van der Waals surface area (Å²) in [5.41, 5.74) is 6.04. The van der Waals surface area contributed by atoms with Crippen molar-refractivity contribution in [2.24, 2.45) is 18.9 Å². The number of pyridine rings is 1. The summed E-state index contributed by atoms with van der Waals surface area (Å²) in [6.45, 7) is 2.87. The zero-order chi connectivity index (χ0) is 25.3. The molecule has 0 spiro atoms. The number of hydrogen-bond donors (Lipinski definition) is 1. The molecule has 3 atom stereocenters. The van der Waals surface area contributed by atoms with E-state index in [1.54, 1.807) is 0 Å². The van der Waals surface area contributed by atoms with Crippen LogP contribution in [0.15, 0.2) is 60.9 Å². The van der Waals surface area contributed by atoms with E-state index in [1.807, 2.05) is 40.9 Å². The Labute approximate surface area is 214 Å². The Morgan fingerprint density at radius 1 is 1.03 bits per heavy atom. The number of carbonyl (C=O) groups is 1. The number of fused-ring (bicyclic) bond motifs is 5. The Balaban J connectivity index is 1.29. The molecule has 1 aliphatic carbocycles. The van der Waals surface area contributed by atoms with Gasteiger partial charge in [-0.05, 0) is 55.9 Å². The van der Waals surface area contributed by atoms with Crippen LogP contribution in [0.3, 0.4) is 0 Å². The van der Waals surface area contributed by atoms with E-state index in [1.165, 1.54) is 0 Å². The second kappa shape index (κ2) is 8.16. The van der Waals surface area contributed by atoms with E-state index in [-0.39, 0.29) is 17.9 Å². The Morgan fingerprint density at radius 3 is 2.65 bits per heavy atom. The summed E-state index contributed by atoms with van der Waals surface area (Å²) < 4.78 is 3.84. The van der Waals surface area contributed by atoms with Crippen molar-refractivity contribution < 1.29 is 9.90 Å². The van der Waals surface area contributed by atoms with Gasteiger partial charge in [0.15, 0.2) is 0 Å². The van der Waals surface area contributed by atoms with Crippen molar-refractivity contribution in [3.05, 3.63) is 66.5 Å². The first kappa shape index (κ1) is 22.0. The summed E-state index contributed by atoms with van der Waals surface area (Å²) in [5.74, 6) is 0.224. The first-order chi connectivity index (χ1) is 18.0. The maximum atomic E-state index is 11.7. The minimum atomic E-state index is -0.656. The van der Waals surface area contributed by atoms with Crippen molar-refractivity contribution >= 4 is 33.6 Å². The predicted octanol–water partition coefficient (Wildman–Crippen LogP) is 4.97. The standard InChI is InChI=1S/C29H28N6O2/c1-17-5-3-7-22-27(21-6-4-8-25-24(21)16-33(2)31-25)32-35(28(17)22)20-11-12-26(30-14-20)34-15-18-9-10-19(34)13-23(18)29(36)37/h3-8,11-12,14,16,18-19,23H,9-10,13,15H2,1-2H3,(H,36,37)/t18-,19?,23-/m1/s1. The van der Waals surface area contributed by atoms with E-state index >= 15 is 0 Å². The van der Waals surface area contributed by atoms with Crippen LogP contribution in [-0.2, 0) is 11.8 Å². The number of hydrogen-bond acceptors (Lipinski definition) is 5. The topological polar surface area (TPSA) is 89.1 Å². The Hall–Kier alpha value is -4.20. The molecular formula is C29H28N6O2. The van der Waals surface area contributed by atoms with E-state index in [0.29, 0.717) is 6.42 Å². The number of carboxylic acid groups (broad SMARTS) is 1. The Bertz CT molecular complexity index is 1670. The van der Waals surface area contributed by atoms with Crippen molar-refractivity contribution in [3.63, 3.8) is 0 Å².